The predicted octanol–water partition coefficient (Wildman–Crippen LogP) is 7.91. The van der Waals surface area contributed by atoms with Gasteiger partial charge in [-0.2, -0.15) is 0 Å². The second kappa shape index (κ2) is 11.7. The van der Waals surface area contributed by atoms with E-state index in [4.69, 9.17) is 22.1 Å². The number of hydrogen-bond acceptors (Lipinski definition) is 3. The number of hydrogen-bond donors (Lipinski definition) is 2. The molecule has 0 heterocycles. The summed E-state index contributed by atoms with van der Waals surface area (Å²) >= 11 is 6.53. The number of benzene rings is 2. The summed E-state index contributed by atoms with van der Waals surface area (Å²) < 4.78 is 5.32. The van der Waals surface area contributed by atoms with Crippen LogP contribution < -0.4 is 15.8 Å². The smallest absolute Gasteiger partial charge is 0.326 e. The highest BCUT2D eigenvalue weighted by atomic mass is 35.5. The Kier molecular flexibility index (Phi) is 8.90. The van der Waals surface area contributed by atoms with Gasteiger partial charge in [-0.3, -0.25) is 4.90 Å². The fourth-order valence-corrected chi connectivity index (χ4v) is 5.06. The van der Waals surface area contributed by atoms with Crippen molar-refractivity contribution in [1.82, 2.24) is 4.90 Å². The highest BCUT2D eigenvalue weighted by Crippen LogP contribution is 2.37. The number of rotatable bonds is 8. The lowest BCUT2D eigenvalue weighted by atomic mass is 9.92. The fraction of sp³-hybridized carbons (Fsp3) is 0.414. The average Bonchev–Trinajstić information content (AvgIpc) is 2.84. The third-order valence-corrected chi connectivity index (χ3v) is 7.21. The molecule has 0 aromatic heterocycles. The Balaban J connectivity index is 2.05. The molecule has 3 rings (SSSR count). The average molecular weight is 496 g/mol. The van der Waals surface area contributed by atoms with Crippen molar-refractivity contribution in [3.8, 4) is 5.75 Å². The van der Waals surface area contributed by atoms with E-state index in [2.05, 4.69) is 38.2 Å². The third kappa shape index (κ3) is 5.84. The van der Waals surface area contributed by atoms with Crippen molar-refractivity contribution in [2.45, 2.75) is 66.3 Å². The molecule has 1 atom stereocenters. The number of carbonyl (C=O) groups is 1. The van der Waals surface area contributed by atoms with Crippen LogP contribution in [0.1, 0.15) is 70.2 Å². The molecule has 0 aliphatic heterocycles. The van der Waals surface area contributed by atoms with E-state index < -0.39 is 0 Å². The maximum absolute atomic E-state index is 14.0. The number of carbonyl (C=O) groups excluding carboxylic acids is 1. The van der Waals surface area contributed by atoms with Crippen molar-refractivity contribution in [2.24, 2.45) is 5.92 Å². The van der Waals surface area contributed by atoms with Crippen molar-refractivity contribution < 1.29 is 9.53 Å². The highest BCUT2D eigenvalue weighted by molar-refractivity contribution is 6.32. The number of halogens is 1. The second-order valence-electron chi connectivity index (χ2n) is 9.29. The number of nitrogens with one attached hydrogen (secondary N) is 1. The van der Waals surface area contributed by atoms with Crippen molar-refractivity contribution >= 4 is 29.0 Å². The van der Waals surface area contributed by atoms with Crippen LogP contribution in [0.2, 0.25) is 5.02 Å². The topological polar surface area (TPSA) is 67.6 Å². The molecule has 2 aromatic rings. The number of allylic oxidation sites excluding steroid dienone is 4. The molecule has 6 heteroatoms. The van der Waals surface area contributed by atoms with Gasteiger partial charge in [-0.25, -0.2) is 4.79 Å². The summed E-state index contributed by atoms with van der Waals surface area (Å²) in [5.41, 5.74) is 12.8. The lowest BCUT2D eigenvalue weighted by Gasteiger charge is -2.34. The van der Waals surface area contributed by atoms with Crippen LogP contribution in [0, 0.1) is 5.92 Å². The van der Waals surface area contributed by atoms with Crippen molar-refractivity contribution in [3.63, 3.8) is 0 Å². The van der Waals surface area contributed by atoms with Crippen LogP contribution in [0.15, 0.2) is 53.8 Å². The summed E-state index contributed by atoms with van der Waals surface area (Å²) in [5, 5.41) is 3.78. The molecule has 0 saturated heterocycles. The minimum Gasteiger partial charge on any atom is -0.497 e. The van der Waals surface area contributed by atoms with Gasteiger partial charge in [0.25, 0.3) is 0 Å². The number of urea groups is 1. The summed E-state index contributed by atoms with van der Waals surface area (Å²) in [7, 11) is 1.65. The first-order valence-corrected chi connectivity index (χ1v) is 12.8. The van der Waals surface area contributed by atoms with Crippen LogP contribution in [0.4, 0.5) is 16.2 Å². The predicted molar refractivity (Wildman–Crippen MR) is 147 cm³/mol. The Labute approximate surface area is 215 Å². The first kappa shape index (κ1) is 26.7. The lowest BCUT2D eigenvalue weighted by Crippen LogP contribution is -2.37. The van der Waals surface area contributed by atoms with E-state index in [0.717, 1.165) is 46.7 Å². The van der Waals surface area contributed by atoms with Crippen LogP contribution in [0.25, 0.3) is 0 Å². The van der Waals surface area contributed by atoms with Crippen LogP contribution >= 0.6 is 11.6 Å². The zero-order valence-corrected chi connectivity index (χ0v) is 22.5. The Bertz CT molecular complexity index is 1090. The van der Waals surface area contributed by atoms with Crippen LogP contribution in [-0.4, -0.2) is 18.0 Å². The van der Waals surface area contributed by atoms with Gasteiger partial charge in [0.2, 0.25) is 0 Å². The molecule has 0 spiro atoms. The number of methoxy groups -OCH3 is 1. The molecule has 3 N–H and O–H groups in total. The minimum atomic E-state index is -0.188. The molecular formula is C29H38ClN3O2. The van der Waals surface area contributed by atoms with Crippen molar-refractivity contribution in [1.29, 1.82) is 0 Å². The number of anilines is 2. The van der Waals surface area contributed by atoms with Gasteiger partial charge in [-0.05, 0) is 79.5 Å². The molecular weight excluding hydrogens is 458 g/mol. The van der Waals surface area contributed by atoms with E-state index in [1.807, 2.05) is 43.0 Å². The second-order valence-corrected chi connectivity index (χ2v) is 9.70. The zero-order valence-electron chi connectivity index (χ0n) is 21.7. The summed E-state index contributed by atoms with van der Waals surface area (Å²) in [6.07, 6.45) is 7.38. The Morgan fingerprint density at radius 1 is 1.09 bits per heavy atom. The maximum Gasteiger partial charge on any atom is 0.326 e. The molecule has 0 unspecified atom stereocenters. The molecule has 188 valence electrons. The molecule has 0 saturated carbocycles. The SMILES string of the molecule is CCc1c(N)cc(Cl)c(CC)c1NC(=O)N(C1=CC=C(C(C)C)CC1)[C@@H](C)c1ccc(OC)cc1. The fourth-order valence-electron chi connectivity index (χ4n) is 4.71. The number of amides is 2. The lowest BCUT2D eigenvalue weighted by molar-refractivity contribution is 0.209. The molecule has 0 radical (unpaired) electrons. The van der Waals surface area contributed by atoms with Crippen LogP contribution in [0.3, 0.4) is 0 Å². The molecule has 35 heavy (non-hydrogen) atoms. The molecule has 5 nitrogen and oxygen atoms in total. The quantitative estimate of drug-likeness (QED) is 0.365. The first-order chi connectivity index (χ1) is 16.7. The number of nitrogens with zero attached hydrogens (tertiary/aromatic N) is 1. The van der Waals surface area contributed by atoms with E-state index in [1.54, 1.807) is 13.2 Å². The monoisotopic (exact) mass is 495 g/mol. The summed E-state index contributed by atoms with van der Waals surface area (Å²) in [4.78, 5) is 15.8. The van der Waals surface area contributed by atoms with Gasteiger partial charge in [0.15, 0.2) is 0 Å². The highest BCUT2D eigenvalue weighted by Gasteiger charge is 2.28. The van der Waals surface area contributed by atoms with Gasteiger partial charge in [-0.1, -0.05) is 63.1 Å². The molecule has 2 aromatic carbocycles. The zero-order chi connectivity index (χ0) is 25.7. The summed E-state index contributed by atoms with van der Waals surface area (Å²) in [6.45, 7) is 10.5. The molecule has 0 fully saturated rings. The van der Waals surface area contributed by atoms with E-state index in [1.165, 1.54) is 5.57 Å². The standard InChI is InChI=1S/C29H38ClN3O2/c1-7-24-26(30)17-27(31)25(8-2)28(24)32-29(34)33(22-13-9-20(10-14-22)18(3)4)19(5)21-11-15-23(35-6)16-12-21/h9,11-13,15-19H,7-8,10,14,31H2,1-6H3,(H,32,34)/t19-/m0/s1. The van der Waals surface area contributed by atoms with Gasteiger partial charge in [0, 0.05) is 16.4 Å². The first-order valence-electron chi connectivity index (χ1n) is 12.4. The molecule has 1 aliphatic carbocycles. The van der Waals surface area contributed by atoms with Gasteiger partial charge < -0.3 is 15.8 Å². The van der Waals surface area contributed by atoms with Gasteiger partial charge in [0.05, 0.1) is 18.8 Å². The van der Waals surface area contributed by atoms with Gasteiger partial charge in [0.1, 0.15) is 5.75 Å². The van der Waals surface area contributed by atoms with Crippen LogP contribution in [-0.2, 0) is 12.8 Å². The Hall–Kier alpha value is -2.92. The maximum atomic E-state index is 14.0. The van der Waals surface area contributed by atoms with E-state index in [-0.39, 0.29) is 12.1 Å². The largest absolute Gasteiger partial charge is 0.497 e. The van der Waals surface area contributed by atoms with Crippen molar-refractivity contribution in [3.05, 3.63) is 75.5 Å². The number of ether oxygens (including phenoxy) is 1. The number of nitrogen functional groups attached to an aromatic ring is 1. The molecule has 2 amide bonds. The van der Waals surface area contributed by atoms with E-state index in [9.17, 15) is 4.79 Å². The third-order valence-electron chi connectivity index (χ3n) is 6.88. The van der Waals surface area contributed by atoms with Crippen molar-refractivity contribution in [2.75, 3.05) is 18.2 Å². The van der Waals surface area contributed by atoms with E-state index >= 15 is 0 Å². The summed E-state index contributed by atoms with van der Waals surface area (Å²) in [5.74, 6) is 1.27. The van der Waals surface area contributed by atoms with Gasteiger partial charge in [-0.15, -0.1) is 0 Å². The molecule has 1 aliphatic rings. The summed E-state index contributed by atoms with van der Waals surface area (Å²) in [6, 6.07) is 9.28. The Morgan fingerprint density at radius 2 is 1.74 bits per heavy atom. The van der Waals surface area contributed by atoms with E-state index in [0.29, 0.717) is 29.5 Å². The van der Waals surface area contributed by atoms with Crippen LogP contribution in [0.5, 0.6) is 5.75 Å². The Morgan fingerprint density at radius 3 is 2.26 bits per heavy atom. The van der Waals surface area contributed by atoms with Gasteiger partial charge >= 0.3 is 6.03 Å². The number of nitrogens with two attached hydrogens (primary N) is 1. The minimum absolute atomic E-state index is 0.187. The molecule has 0 bridgehead atoms. The normalized spacial score (nSPS) is 14.3.